The maximum Gasteiger partial charge on any atom is 0.233 e. The summed E-state index contributed by atoms with van der Waals surface area (Å²) in [5, 5.41) is 7.28. The molecule has 1 aliphatic carbocycles. The van der Waals surface area contributed by atoms with Crippen LogP contribution in [0.5, 0.6) is 0 Å². The molecule has 1 N–H and O–H groups in total. The van der Waals surface area contributed by atoms with Gasteiger partial charge < -0.3 is 4.90 Å². The Morgan fingerprint density at radius 1 is 1.38 bits per heavy atom. The van der Waals surface area contributed by atoms with Crippen LogP contribution in [0.15, 0.2) is 5.16 Å². The first-order valence-corrected chi connectivity index (χ1v) is 9.79. The fraction of sp³-hybridized carbons (Fsp3) is 0.750. The van der Waals surface area contributed by atoms with Crippen molar-refractivity contribution in [2.45, 2.75) is 43.4 Å². The Hall–Kier alpha value is -1.09. The van der Waals surface area contributed by atoms with E-state index >= 15 is 0 Å². The third-order valence-corrected chi connectivity index (χ3v) is 6.31. The Morgan fingerprint density at radius 3 is 2.67 bits per heavy atom. The molecule has 1 amide bonds. The van der Waals surface area contributed by atoms with Crippen LogP contribution in [0.25, 0.3) is 0 Å². The van der Waals surface area contributed by atoms with Gasteiger partial charge in [-0.2, -0.15) is 0 Å². The van der Waals surface area contributed by atoms with E-state index in [9.17, 15) is 13.2 Å². The lowest BCUT2D eigenvalue weighted by Crippen LogP contribution is -2.43. The SMILES string of the molecule is Cc1nc(SCC(=O)N(C2CC2)C2CCS(=O)(=O)C2)n[nH]1. The fourth-order valence-electron chi connectivity index (χ4n) is 2.64. The van der Waals surface area contributed by atoms with Gasteiger partial charge in [0.1, 0.15) is 5.82 Å². The van der Waals surface area contributed by atoms with Crippen molar-refractivity contribution < 1.29 is 13.2 Å². The molecule has 2 fully saturated rings. The number of hydrogen-bond acceptors (Lipinski definition) is 6. The molecule has 1 aromatic rings. The van der Waals surface area contributed by atoms with Crippen molar-refractivity contribution in [1.29, 1.82) is 0 Å². The number of nitrogens with zero attached hydrogens (tertiary/aromatic N) is 3. The van der Waals surface area contributed by atoms with Gasteiger partial charge in [-0.25, -0.2) is 13.4 Å². The van der Waals surface area contributed by atoms with Gasteiger partial charge in [-0.1, -0.05) is 11.8 Å². The molecule has 0 spiro atoms. The van der Waals surface area contributed by atoms with Gasteiger partial charge in [0.15, 0.2) is 9.84 Å². The van der Waals surface area contributed by atoms with Crippen molar-refractivity contribution in [3.8, 4) is 0 Å². The van der Waals surface area contributed by atoms with Crippen molar-refractivity contribution in [3.63, 3.8) is 0 Å². The highest BCUT2D eigenvalue weighted by Gasteiger charge is 2.41. The smallest absolute Gasteiger partial charge is 0.233 e. The van der Waals surface area contributed by atoms with Crippen molar-refractivity contribution in [2.75, 3.05) is 17.3 Å². The van der Waals surface area contributed by atoms with Crippen LogP contribution in [0.4, 0.5) is 0 Å². The molecule has 116 valence electrons. The quantitative estimate of drug-likeness (QED) is 0.784. The van der Waals surface area contributed by atoms with Crippen LogP contribution >= 0.6 is 11.8 Å². The number of nitrogens with one attached hydrogen (secondary N) is 1. The topological polar surface area (TPSA) is 96.0 Å². The largest absolute Gasteiger partial charge is 0.335 e. The summed E-state index contributed by atoms with van der Waals surface area (Å²) < 4.78 is 23.3. The van der Waals surface area contributed by atoms with Gasteiger partial charge in [-0.3, -0.25) is 9.89 Å². The molecular weight excluding hydrogens is 312 g/mol. The first kappa shape index (κ1) is 14.8. The van der Waals surface area contributed by atoms with Gasteiger partial charge in [0.2, 0.25) is 11.1 Å². The van der Waals surface area contributed by atoms with Gasteiger partial charge in [0.25, 0.3) is 0 Å². The zero-order valence-electron chi connectivity index (χ0n) is 11.8. The van der Waals surface area contributed by atoms with E-state index in [1.165, 1.54) is 11.8 Å². The van der Waals surface area contributed by atoms with Crippen LogP contribution in [0.2, 0.25) is 0 Å². The Bertz CT molecular complexity index is 639. The molecule has 1 aliphatic heterocycles. The molecule has 0 radical (unpaired) electrons. The third kappa shape index (κ3) is 3.57. The molecule has 1 atom stereocenters. The molecule has 0 bridgehead atoms. The van der Waals surface area contributed by atoms with E-state index in [1.54, 1.807) is 11.8 Å². The Balaban J connectivity index is 1.62. The monoisotopic (exact) mass is 330 g/mol. The molecule has 1 saturated heterocycles. The number of aryl methyl sites for hydroxylation is 1. The molecule has 0 aromatic carbocycles. The molecule has 9 heteroatoms. The molecule has 1 aromatic heterocycles. The van der Waals surface area contributed by atoms with Crippen molar-refractivity contribution in [1.82, 2.24) is 20.1 Å². The highest BCUT2D eigenvalue weighted by molar-refractivity contribution is 7.99. The van der Waals surface area contributed by atoms with Gasteiger partial charge in [-0.15, -0.1) is 5.10 Å². The molecular formula is C12H18N4O3S2. The second-order valence-electron chi connectivity index (χ2n) is 5.58. The zero-order chi connectivity index (χ0) is 15.0. The maximum atomic E-state index is 12.4. The molecule has 2 heterocycles. The van der Waals surface area contributed by atoms with Crippen LogP contribution in [-0.2, 0) is 14.6 Å². The first-order chi connectivity index (χ1) is 9.94. The van der Waals surface area contributed by atoms with E-state index in [0.717, 1.165) is 12.8 Å². The summed E-state index contributed by atoms with van der Waals surface area (Å²) in [6, 6.07) is 0.0785. The van der Waals surface area contributed by atoms with Crippen LogP contribution in [-0.4, -0.2) is 63.7 Å². The minimum Gasteiger partial charge on any atom is -0.335 e. The van der Waals surface area contributed by atoms with Crippen molar-refractivity contribution in [2.24, 2.45) is 0 Å². The third-order valence-electron chi connectivity index (χ3n) is 3.73. The number of hydrogen-bond donors (Lipinski definition) is 1. The molecule has 1 unspecified atom stereocenters. The second-order valence-corrected chi connectivity index (χ2v) is 8.75. The average Bonchev–Trinajstić information content (AvgIpc) is 3.05. The van der Waals surface area contributed by atoms with E-state index in [2.05, 4.69) is 15.2 Å². The summed E-state index contributed by atoms with van der Waals surface area (Å²) in [5.74, 6) is 1.27. The van der Waals surface area contributed by atoms with Gasteiger partial charge in [-0.05, 0) is 26.2 Å². The zero-order valence-corrected chi connectivity index (χ0v) is 13.4. The number of H-pyrrole nitrogens is 1. The Labute approximate surface area is 127 Å². The van der Waals surface area contributed by atoms with Gasteiger partial charge >= 0.3 is 0 Å². The van der Waals surface area contributed by atoms with Crippen LogP contribution in [0, 0.1) is 6.92 Å². The summed E-state index contributed by atoms with van der Waals surface area (Å²) in [5.41, 5.74) is 0. The number of aromatic nitrogens is 3. The number of carbonyl (C=O) groups excluding carboxylic acids is 1. The predicted molar refractivity (Wildman–Crippen MR) is 78.8 cm³/mol. The minimum atomic E-state index is -2.97. The van der Waals surface area contributed by atoms with E-state index in [1.807, 2.05) is 0 Å². The minimum absolute atomic E-state index is 0.00736. The molecule has 7 nitrogen and oxygen atoms in total. The normalized spacial score (nSPS) is 24.1. The molecule has 3 rings (SSSR count). The van der Waals surface area contributed by atoms with Crippen LogP contribution in [0.3, 0.4) is 0 Å². The second kappa shape index (κ2) is 5.60. The summed E-state index contributed by atoms with van der Waals surface area (Å²) in [6.07, 6.45) is 2.52. The number of amides is 1. The van der Waals surface area contributed by atoms with Crippen LogP contribution < -0.4 is 0 Å². The highest BCUT2D eigenvalue weighted by Crippen LogP contribution is 2.33. The predicted octanol–water partition coefficient (Wildman–Crippen LogP) is 0.383. The van der Waals surface area contributed by atoms with Crippen LogP contribution in [0.1, 0.15) is 25.1 Å². The number of aromatic amines is 1. The van der Waals surface area contributed by atoms with E-state index in [0.29, 0.717) is 17.4 Å². The summed E-state index contributed by atoms with van der Waals surface area (Å²) in [7, 11) is -2.97. The Morgan fingerprint density at radius 2 is 2.14 bits per heavy atom. The van der Waals surface area contributed by atoms with Crippen molar-refractivity contribution in [3.05, 3.63) is 5.82 Å². The maximum absolute atomic E-state index is 12.4. The first-order valence-electron chi connectivity index (χ1n) is 6.98. The molecule has 2 aliphatic rings. The molecule has 1 saturated carbocycles. The standard InChI is InChI=1S/C12H18N4O3S2/c1-8-13-12(15-14-8)20-6-11(17)16(9-2-3-9)10-4-5-21(18,19)7-10/h9-10H,2-7H2,1H3,(H,13,14,15). The van der Waals surface area contributed by atoms with E-state index in [4.69, 9.17) is 0 Å². The lowest BCUT2D eigenvalue weighted by molar-refractivity contribution is -0.130. The Kier molecular flexibility index (Phi) is 3.96. The highest BCUT2D eigenvalue weighted by atomic mass is 32.2. The summed E-state index contributed by atoms with van der Waals surface area (Å²) in [6.45, 7) is 1.80. The number of carbonyl (C=O) groups is 1. The fourth-order valence-corrected chi connectivity index (χ4v) is 5.07. The lowest BCUT2D eigenvalue weighted by Gasteiger charge is -2.28. The average molecular weight is 330 g/mol. The number of sulfone groups is 1. The summed E-state index contributed by atoms with van der Waals surface area (Å²) >= 11 is 1.29. The summed E-state index contributed by atoms with van der Waals surface area (Å²) in [4.78, 5) is 18.4. The van der Waals surface area contributed by atoms with E-state index in [-0.39, 0.29) is 35.2 Å². The number of thioether (sulfide) groups is 1. The van der Waals surface area contributed by atoms with Crippen molar-refractivity contribution >= 4 is 27.5 Å². The van der Waals surface area contributed by atoms with Gasteiger partial charge in [0.05, 0.1) is 17.3 Å². The lowest BCUT2D eigenvalue weighted by atomic mass is 10.2. The van der Waals surface area contributed by atoms with Gasteiger partial charge in [0, 0.05) is 12.1 Å². The molecule has 21 heavy (non-hydrogen) atoms. The van der Waals surface area contributed by atoms with E-state index < -0.39 is 9.84 Å². The number of rotatable bonds is 5.